The molecule has 0 amide bonds. The number of benzene rings is 3. The molecule has 3 nitrogen and oxygen atoms in total. The first-order valence-corrected chi connectivity index (χ1v) is 9.24. The molecule has 0 fully saturated rings. The van der Waals surface area contributed by atoms with Crippen molar-refractivity contribution < 1.29 is 14.3 Å². The number of rotatable bonds is 6. The van der Waals surface area contributed by atoms with Crippen LogP contribution in [-0.2, 0) is 0 Å². The van der Waals surface area contributed by atoms with Crippen molar-refractivity contribution in [2.24, 2.45) is 0 Å². The molecule has 0 saturated carbocycles. The summed E-state index contributed by atoms with van der Waals surface area (Å²) in [7, 11) is 2.33. The van der Waals surface area contributed by atoms with Gasteiger partial charge in [0.25, 0.3) is 0 Å². The molecule has 3 aromatic rings. The molecule has 126 valence electrons. The van der Waals surface area contributed by atoms with Gasteiger partial charge in [-0.2, -0.15) is 0 Å². The monoisotopic (exact) mass is 350 g/mol. The Kier molecular flexibility index (Phi) is 5.47. The van der Waals surface area contributed by atoms with Crippen molar-refractivity contribution >= 4 is 30.1 Å². The number of hydrogen-bond acceptors (Lipinski definition) is 3. The molecule has 3 rings (SSSR count). The molecule has 25 heavy (non-hydrogen) atoms. The van der Waals surface area contributed by atoms with Crippen molar-refractivity contribution in [1.29, 1.82) is 0 Å². The molecule has 0 aliphatic rings. The van der Waals surface area contributed by atoms with E-state index in [1.165, 1.54) is 0 Å². The van der Waals surface area contributed by atoms with Crippen molar-refractivity contribution in [3.63, 3.8) is 0 Å². The number of carbonyl (C=O) groups is 1. The number of hydrogen-bond donors (Lipinski definition) is 0. The van der Waals surface area contributed by atoms with Crippen LogP contribution in [0.2, 0.25) is 0 Å². The van der Waals surface area contributed by atoms with Crippen LogP contribution in [0.15, 0.2) is 72.8 Å². The van der Waals surface area contributed by atoms with Crippen molar-refractivity contribution in [2.45, 2.75) is 0 Å². The summed E-state index contributed by atoms with van der Waals surface area (Å²) < 4.78 is 11.2. The first-order chi connectivity index (χ1) is 12.3. The van der Waals surface area contributed by atoms with E-state index in [1.54, 1.807) is 14.2 Å². The van der Waals surface area contributed by atoms with E-state index >= 15 is 0 Å². The standard InChI is InChI=1S/C21H19O3P/c1-23-17-10-4-7-13-20(17)25(19-12-6-3-9-16(19)15-22)21-14-8-5-11-18(21)24-2/h3-15H,1-2H3. The van der Waals surface area contributed by atoms with Crippen LogP contribution in [0.3, 0.4) is 0 Å². The fourth-order valence-corrected chi connectivity index (χ4v) is 5.45. The summed E-state index contributed by atoms with van der Waals surface area (Å²) in [4.78, 5) is 11.7. The molecule has 0 bridgehead atoms. The zero-order valence-electron chi connectivity index (χ0n) is 14.2. The minimum Gasteiger partial charge on any atom is -0.496 e. The molecule has 0 aliphatic heterocycles. The summed E-state index contributed by atoms with van der Waals surface area (Å²) in [5.41, 5.74) is 0.686. The largest absolute Gasteiger partial charge is 0.496 e. The second-order valence-corrected chi connectivity index (χ2v) is 7.47. The van der Waals surface area contributed by atoms with Gasteiger partial charge in [-0.3, -0.25) is 4.79 Å². The minimum absolute atomic E-state index is 0.686. The van der Waals surface area contributed by atoms with Gasteiger partial charge in [0.05, 0.1) is 14.2 Å². The maximum atomic E-state index is 11.7. The highest BCUT2D eigenvalue weighted by atomic mass is 31.1. The Morgan fingerprint density at radius 1 is 0.680 bits per heavy atom. The van der Waals surface area contributed by atoms with Gasteiger partial charge in [-0.15, -0.1) is 0 Å². The van der Waals surface area contributed by atoms with Crippen LogP contribution in [0.5, 0.6) is 11.5 Å². The number of carbonyl (C=O) groups excluding carboxylic acids is 1. The van der Waals surface area contributed by atoms with Gasteiger partial charge >= 0.3 is 0 Å². The van der Waals surface area contributed by atoms with E-state index < -0.39 is 7.92 Å². The second kappa shape index (κ2) is 7.96. The third-order valence-electron chi connectivity index (χ3n) is 3.96. The number of methoxy groups -OCH3 is 2. The molecule has 0 spiro atoms. The Labute approximate surface area is 149 Å². The van der Waals surface area contributed by atoms with Crippen molar-refractivity contribution in [2.75, 3.05) is 14.2 Å². The molecule has 0 aromatic heterocycles. The van der Waals surface area contributed by atoms with Crippen LogP contribution < -0.4 is 25.4 Å². The molecule has 0 atom stereocenters. The summed E-state index contributed by atoms with van der Waals surface area (Å²) >= 11 is 0. The van der Waals surface area contributed by atoms with Crippen LogP contribution in [-0.4, -0.2) is 20.5 Å². The van der Waals surface area contributed by atoms with E-state index in [4.69, 9.17) is 9.47 Å². The normalized spacial score (nSPS) is 10.5. The number of para-hydroxylation sites is 2. The smallest absolute Gasteiger partial charge is 0.150 e. The third kappa shape index (κ3) is 3.42. The highest BCUT2D eigenvalue weighted by Crippen LogP contribution is 2.40. The summed E-state index contributed by atoms with van der Waals surface area (Å²) in [6.07, 6.45) is 0.912. The third-order valence-corrected chi connectivity index (χ3v) is 6.55. The summed E-state index contributed by atoms with van der Waals surface area (Å²) in [6.45, 7) is 0. The number of ether oxygens (including phenoxy) is 2. The lowest BCUT2D eigenvalue weighted by Gasteiger charge is -2.24. The molecular weight excluding hydrogens is 331 g/mol. The summed E-state index contributed by atoms with van der Waals surface area (Å²) in [5, 5.41) is 3.10. The lowest BCUT2D eigenvalue weighted by atomic mass is 10.2. The van der Waals surface area contributed by atoms with E-state index in [9.17, 15) is 4.79 Å². The van der Waals surface area contributed by atoms with E-state index in [0.717, 1.165) is 33.7 Å². The molecule has 0 aliphatic carbocycles. The van der Waals surface area contributed by atoms with E-state index in [0.29, 0.717) is 5.56 Å². The Bertz CT molecular complexity index is 829. The van der Waals surface area contributed by atoms with Crippen LogP contribution in [0.25, 0.3) is 0 Å². The van der Waals surface area contributed by atoms with Gasteiger partial charge < -0.3 is 9.47 Å². The van der Waals surface area contributed by atoms with Crippen molar-refractivity contribution in [3.8, 4) is 11.5 Å². The summed E-state index contributed by atoms with van der Waals surface area (Å²) in [5.74, 6) is 1.61. The van der Waals surface area contributed by atoms with Gasteiger partial charge in [-0.1, -0.05) is 60.7 Å². The zero-order valence-corrected chi connectivity index (χ0v) is 15.1. The molecule has 0 radical (unpaired) electrons. The predicted molar refractivity (Wildman–Crippen MR) is 104 cm³/mol. The Hall–Kier alpha value is -2.64. The van der Waals surface area contributed by atoms with Gasteiger partial charge in [0, 0.05) is 16.2 Å². The fraction of sp³-hybridized carbons (Fsp3) is 0.0952. The van der Waals surface area contributed by atoms with Gasteiger partial charge in [0.1, 0.15) is 11.5 Å². The Morgan fingerprint density at radius 2 is 1.12 bits per heavy atom. The molecule has 0 unspecified atom stereocenters. The minimum atomic E-state index is -1.01. The zero-order chi connectivity index (χ0) is 17.6. The van der Waals surface area contributed by atoms with Crippen molar-refractivity contribution in [3.05, 3.63) is 78.4 Å². The van der Waals surface area contributed by atoms with Crippen LogP contribution in [0.1, 0.15) is 10.4 Å². The van der Waals surface area contributed by atoms with Crippen LogP contribution in [0.4, 0.5) is 0 Å². The molecule has 0 N–H and O–H groups in total. The average Bonchev–Trinajstić information content (AvgIpc) is 2.69. The molecule has 4 heteroatoms. The Morgan fingerprint density at radius 3 is 1.60 bits per heavy atom. The van der Waals surface area contributed by atoms with Gasteiger partial charge in [-0.25, -0.2) is 0 Å². The number of aldehydes is 1. The van der Waals surface area contributed by atoms with Gasteiger partial charge in [-0.05, 0) is 25.4 Å². The second-order valence-electron chi connectivity index (χ2n) is 5.36. The van der Waals surface area contributed by atoms with Gasteiger partial charge in [0.15, 0.2) is 6.29 Å². The van der Waals surface area contributed by atoms with Gasteiger partial charge in [0.2, 0.25) is 0 Å². The van der Waals surface area contributed by atoms with E-state index in [2.05, 4.69) is 12.1 Å². The van der Waals surface area contributed by atoms with Crippen LogP contribution >= 0.6 is 7.92 Å². The lowest BCUT2D eigenvalue weighted by Crippen LogP contribution is -2.25. The quantitative estimate of drug-likeness (QED) is 0.506. The lowest BCUT2D eigenvalue weighted by molar-refractivity contribution is 0.112. The van der Waals surface area contributed by atoms with E-state index in [1.807, 2.05) is 60.7 Å². The SMILES string of the molecule is COc1ccccc1P(c1ccccc1C=O)c1ccccc1OC. The average molecular weight is 350 g/mol. The molecular formula is C21H19O3P. The predicted octanol–water partition coefficient (Wildman–Crippen LogP) is 3.27. The molecule has 3 aromatic carbocycles. The highest BCUT2D eigenvalue weighted by molar-refractivity contribution is 7.80. The highest BCUT2D eigenvalue weighted by Gasteiger charge is 2.24. The van der Waals surface area contributed by atoms with Crippen molar-refractivity contribution in [1.82, 2.24) is 0 Å². The molecule has 0 saturated heterocycles. The first-order valence-electron chi connectivity index (χ1n) is 7.90. The first kappa shape index (κ1) is 17.2. The summed E-state index contributed by atoms with van der Waals surface area (Å²) in [6, 6.07) is 23.6. The van der Waals surface area contributed by atoms with Crippen LogP contribution in [0, 0.1) is 0 Å². The fourth-order valence-electron chi connectivity index (χ4n) is 2.81. The maximum absolute atomic E-state index is 11.7. The van der Waals surface area contributed by atoms with E-state index in [-0.39, 0.29) is 0 Å². The molecule has 0 heterocycles. The maximum Gasteiger partial charge on any atom is 0.150 e. The topological polar surface area (TPSA) is 35.5 Å². The Balaban J connectivity index is 2.31.